The molecule has 2 nitrogen and oxygen atoms in total. The van der Waals surface area contributed by atoms with Crippen LogP contribution in [0.15, 0.2) is 30.3 Å². The Balaban J connectivity index is 1.85. The first-order valence-electron chi connectivity index (χ1n) is 5.90. The fourth-order valence-electron chi connectivity index (χ4n) is 1.88. The lowest BCUT2D eigenvalue weighted by Gasteiger charge is -2.06. The minimum Gasteiger partial charge on any atom is -0.465 e. The number of benzene rings is 1. The zero-order valence-corrected chi connectivity index (χ0v) is 9.85. The van der Waals surface area contributed by atoms with Crippen molar-refractivity contribution in [1.29, 1.82) is 0 Å². The summed E-state index contributed by atoms with van der Waals surface area (Å²) in [6.07, 6.45) is 0.945. The molecule has 1 fully saturated rings. The smallest absolute Gasteiger partial charge is 0.309 e. The van der Waals surface area contributed by atoms with Crippen molar-refractivity contribution < 1.29 is 9.53 Å². The van der Waals surface area contributed by atoms with Crippen molar-refractivity contribution in [3.63, 3.8) is 0 Å². The van der Waals surface area contributed by atoms with Crippen molar-refractivity contribution >= 4 is 5.97 Å². The van der Waals surface area contributed by atoms with Crippen LogP contribution in [0.2, 0.25) is 0 Å². The van der Waals surface area contributed by atoms with Crippen LogP contribution in [0.1, 0.15) is 31.7 Å². The van der Waals surface area contributed by atoms with Crippen LogP contribution in [-0.4, -0.2) is 12.6 Å². The molecule has 1 aromatic rings. The molecule has 0 bridgehead atoms. The topological polar surface area (TPSA) is 26.3 Å². The van der Waals surface area contributed by atoms with E-state index in [2.05, 4.69) is 26.0 Å². The molecule has 86 valence electrons. The summed E-state index contributed by atoms with van der Waals surface area (Å²) in [5, 5.41) is 0. The minimum absolute atomic E-state index is 0.0254. The van der Waals surface area contributed by atoms with E-state index in [1.165, 1.54) is 5.56 Å². The lowest BCUT2D eigenvalue weighted by Crippen LogP contribution is -2.12. The highest BCUT2D eigenvalue weighted by Crippen LogP contribution is 2.48. The SMILES string of the molecule is CC(C)COC(=O)[C@H]1C[C@@H]1c1ccccc1. The Morgan fingerprint density at radius 1 is 1.38 bits per heavy atom. The van der Waals surface area contributed by atoms with Gasteiger partial charge in [-0.2, -0.15) is 0 Å². The van der Waals surface area contributed by atoms with E-state index in [-0.39, 0.29) is 11.9 Å². The zero-order valence-electron chi connectivity index (χ0n) is 9.85. The van der Waals surface area contributed by atoms with Crippen molar-refractivity contribution in [2.24, 2.45) is 11.8 Å². The second-order valence-corrected chi connectivity index (χ2v) is 4.88. The molecule has 1 aromatic carbocycles. The fraction of sp³-hybridized carbons (Fsp3) is 0.500. The molecule has 0 saturated heterocycles. The highest BCUT2D eigenvalue weighted by Gasteiger charge is 2.45. The molecule has 0 radical (unpaired) electrons. The predicted molar refractivity (Wildman–Crippen MR) is 63.1 cm³/mol. The monoisotopic (exact) mass is 218 g/mol. The second-order valence-electron chi connectivity index (χ2n) is 4.88. The van der Waals surface area contributed by atoms with Gasteiger partial charge in [-0.25, -0.2) is 0 Å². The van der Waals surface area contributed by atoms with Crippen LogP contribution >= 0.6 is 0 Å². The van der Waals surface area contributed by atoms with E-state index in [0.29, 0.717) is 18.4 Å². The summed E-state index contributed by atoms with van der Waals surface area (Å²) in [5.41, 5.74) is 1.26. The van der Waals surface area contributed by atoms with Gasteiger partial charge in [-0.15, -0.1) is 0 Å². The van der Waals surface area contributed by atoms with E-state index in [9.17, 15) is 4.79 Å². The normalized spacial score (nSPS) is 23.2. The molecule has 16 heavy (non-hydrogen) atoms. The molecular weight excluding hydrogens is 200 g/mol. The number of hydrogen-bond acceptors (Lipinski definition) is 2. The van der Waals surface area contributed by atoms with E-state index in [1.807, 2.05) is 18.2 Å². The Morgan fingerprint density at radius 3 is 2.69 bits per heavy atom. The van der Waals surface area contributed by atoms with Gasteiger partial charge in [0.2, 0.25) is 0 Å². The summed E-state index contributed by atoms with van der Waals surface area (Å²) in [6.45, 7) is 4.64. The predicted octanol–water partition coefficient (Wildman–Crippen LogP) is 2.99. The van der Waals surface area contributed by atoms with E-state index < -0.39 is 0 Å². The first-order chi connectivity index (χ1) is 7.68. The van der Waals surface area contributed by atoms with Crippen LogP contribution in [0.25, 0.3) is 0 Å². The molecule has 1 aliphatic carbocycles. The molecule has 0 heterocycles. The fourth-order valence-corrected chi connectivity index (χ4v) is 1.88. The van der Waals surface area contributed by atoms with Crippen LogP contribution in [0.5, 0.6) is 0 Å². The van der Waals surface area contributed by atoms with Gasteiger partial charge in [0, 0.05) is 0 Å². The molecule has 2 atom stereocenters. The average molecular weight is 218 g/mol. The van der Waals surface area contributed by atoms with Gasteiger partial charge in [0.1, 0.15) is 0 Å². The van der Waals surface area contributed by atoms with Crippen LogP contribution in [0.3, 0.4) is 0 Å². The lowest BCUT2D eigenvalue weighted by molar-refractivity contribution is -0.146. The molecule has 0 N–H and O–H groups in total. The van der Waals surface area contributed by atoms with Gasteiger partial charge in [0.25, 0.3) is 0 Å². The minimum atomic E-state index is -0.0254. The summed E-state index contributed by atoms with van der Waals surface area (Å²) in [7, 11) is 0. The van der Waals surface area contributed by atoms with Crippen molar-refractivity contribution in [3.05, 3.63) is 35.9 Å². The molecule has 1 aliphatic rings. The first kappa shape index (κ1) is 11.2. The number of carbonyl (C=O) groups excluding carboxylic acids is 1. The van der Waals surface area contributed by atoms with Crippen molar-refractivity contribution in [2.45, 2.75) is 26.2 Å². The Morgan fingerprint density at radius 2 is 2.06 bits per heavy atom. The van der Waals surface area contributed by atoms with Gasteiger partial charge in [-0.3, -0.25) is 4.79 Å². The molecular formula is C14H18O2. The van der Waals surface area contributed by atoms with Crippen LogP contribution in [0, 0.1) is 11.8 Å². The van der Waals surface area contributed by atoms with Crippen molar-refractivity contribution in [3.8, 4) is 0 Å². The van der Waals surface area contributed by atoms with Crippen molar-refractivity contribution in [2.75, 3.05) is 6.61 Å². The summed E-state index contributed by atoms with van der Waals surface area (Å²) in [4.78, 5) is 11.7. The maximum absolute atomic E-state index is 11.7. The molecule has 0 spiro atoms. The number of rotatable bonds is 4. The van der Waals surface area contributed by atoms with Crippen LogP contribution < -0.4 is 0 Å². The number of hydrogen-bond donors (Lipinski definition) is 0. The maximum Gasteiger partial charge on any atom is 0.309 e. The molecule has 0 amide bonds. The van der Waals surface area contributed by atoms with E-state index in [1.54, 1.807) is 0 Å². The summed E-state index contributed by atoms with van der Waals surface area (Å²) >= 11 is 0. The van der Waals surface area contributed by atoms with Crippen LogP contribution in [-0.2, 0) is 9.53 Å². The quantitative estimate of drug-likeness (QED) is 0.726. The van der Waals surface area contributed by atoms with Gasteiger partial charge < -0.3 is 4.74 Å². The van der Waals surface area contributed by atoms with Crippen molar-refractivity contribution in [1.82, 2.24) is 0 Å². The Kier molecular flexibility index (Phi) is 3.28. The third kappa shape index (κ3) is 2.63. The number of esters is 1. The Hall–Kier alpha value is -1.31. The largest absolute Gasteiger partial charge is 0.465 e. The van der Waals surface area contributed by atoms with E-state index in [4.69, 9.17) is 4.74 Å². The Labute approximate surface area is 96.6 Å². The number of carbonyl (C=O) groups is 1. The highest BCUT2D eigenvalue weighted by atomic mass is 16.5. The molecule has 1 saturated carbocycles. The van der Waals surface area contributed by atoms with Gasteiger partial charge in [-0.1, -0.05) is 44.2 Å². The third-order valence-electron chi connectivity index (χ3n) is 2.88. The van der Waals surface area contributed by atoms with Gasteiger partial charge in [0.05, 0.1) is 12.5 Å². The third-order valence-corrected chi connectivity index (χ3v) is 2.88. The standard InChI is InChI=1S/C14H18O2/c1-10(2)9-16-14(15)13-8-12(13)11-6-4-3-5-7-11/h3-7,10,12-13H,8-9H2,1-2H3/t12-,13+/m1/s1. The maximum atomic E-state index is 11.7. The van der Waals surface area contributed by atoms with Crippen LogP contribution in [0.4, 0.5) is 0 Å². The molecule has 2 rings (SSSR count). The second kappa shape index (κ2) is 4.69. The van der Waals surface area contributed by atoms with Gasteiger partial charge in [0.15, 0.2) is 0 Å². The Bertz CT molecular complexity index is 356. The van der Waals surface area contributed by atoms with E-state index >= 15 is 0 Å². The summed E-state index contributed by atoms with van der Waals surface area (Å²) in [6, 6.07) is 10.2. The average Bonchev–Trinajstić information content (AvgIpc) is 3.07. The molecule has 0 aliphatic heterocycles. The summed E-state index contributed by atoms with van der Waals surface area (Å²) < 4.78 is 5.24. The molecule has 0 unspecified atom stereocenters. The van der Waals surface area contributed by atoms with Gasteiger partial charge >= 0.3 is 5.97 Å². The zero-order chi connectivity index (χ0) is 11.5. The van der Waals surface area contributed by atoms with Gasteiger partial charge in [-0.05, 0) is 23.8 Å². The number of ether oxygens (including phenoxy) is 1. The molecule has 2 heteroatoms. The summed E-state index contributed by atoms with van der Waals surface area (Å²) in [5.74, 6) is 0.877. The first-order valence-corrected chi connectivity index (χ1v) is 5.90. The lowest BCUT2D eigenvalue weighted by atomic mass is 10.1. The highest BCUT2D eigenvalue weighted by molar-refractivity contribution is 5.77. The van der Waals surface area contributed by atoms with E-state index in [0.717, 1.165) is 6.42 Å². The molecule has 0 aromatic heterocycles.